The zero-order valence-electron chi connectivity index (χ0n) is 17.3. The smallest absolute Gasteiger partial charge is 0.265 e. The number of carbonyl (C=O) groups is 1. The molecule has 5 nitrogen and oxygen atoms in total. The molecule has 1 N–H and O–H groups in total. The molecule has 0 atom stereocenters. The van der Waals surface area contributed by atoms with E-state index in [0.717, 1.165) is 5.56 Å². The van der Waals surface area contributed by atoms with E-state index in [1.807, 2.05) is 42.5 Å². The Morgan fingerprint density at radius 2 is 1.74 bits per heavy atom. The minimum Gasteiger partial charge on any atom is -0.322 e. The minimum atomic E-state index is -3.91. The maximum atomic E-state index is 13.4. The summed E-state index contributed by atoms with van der Waals surface area (Å²) >= 11 is 6.26. The lowest BCUT2D eigenvalue weighted by atomic mass is 10.0. The summed E-state index contributed by atoms with van der Waals surface area (Å²) in [5, 5.41) is 2.90. The Hall–Kier alpha value is -2.83. The number of hydrogen-bond donors (Lipinski definition) is 1. The molecule has 31 heavy (non-hydrogen) atoms. The van der Waals surface area contributed by atoms with Crippen molar-refractivity contribution < 1.29 is 13.2 Å². The van der Waals surface area contributed by atoms with E-state index in [-0.39, 0.29) is 15.5 Å². The van der Waals surface area contributed by atoms with Crippen LogP contribution in [-0.4, -0.2) is 20.9 Å². The first-order chi connectivity index (χ1) is 14.8. The summed E-state index contributed by atoms with van der Waals surface area (Å²) in [7, 11) is -3.91. The molecule has 3 aromatic rings. The lowest BCUT2D eigenvalue weighted by Crippen LogP contribution is -2.29. The summed E-state index contributed by atoms with van der Waals surface area (Å²) in [6, 6.07) is 19.3. The molecule has 1 heterocycles. The van der Waals surface area contributed by atoms with Gasteiger partial charge >= 0.3 is 0 Å². The van der Waals surface area contributed by atoms with Crippen molar-refractivity contribution in [3.63, 3.8) is 0 Å². The molecule has 4 rings (SSSR count). The number of carbonyl (C=O) groups excluding carboxylic acids is 1. The molecular weight excluding hydrogens is 432 g/mol. The predicted molar refractivity (Wildman–Crippen MR) is 125 cm³/mol. The van der Waals surface area contributed by atoms with Crippen molar-refractivity contribution in [1.82, 2.24) is 0 Å². The lowest BCUT2D eigenvalue weighted by Gasteiger charge is -2.20. The van der Waals surface area contributed by atoms with Gasteiger partial charge in [0.1, 0.15) is 4.90 Å². The van der Waals surface area contributed by atoms with Crippen LogP contribution in [0.2, 0.25) is 5.02 Å². The van der Waals surface area contributed by atoms with E-state index in [2.05, 4.69) is 19.2 Å². The van der Waals surface area contributed by atoms with Crippen LogP contribution in [0.1, 0.15) is 41.3 Å². The topological polar surface area (TPSA) is 66.5 Å². The molecule has 7 heteroatoms. The Morgan fingerprint density at radius 3 is 2.45 bits per heavy atom. The first-order valence-electron chi connectivity index (χ1n) is 10.1. The molecule has 0 unspecified atom stereocenters. The lowest BCUT2D eigenvalue weighted by molar-refractivity contribution is 0.102. The molecule has 0 radical (unpaired) electrons. The van der Waals surface area contributed by atoms with Crippen LogP contribution in [0.15, 0.2) is 71.6 Å². The summed E-state index contributed by atoms with van der Waals surface area (Å²) in [5.74, 6) is -0.00302. The zero-order valence-corrected chi connectivity index (χ0v) is 18.9. The number of hydrogen-bond acceptors (Lipinski definition) is 3. The second-order valence-electron chi connectivity index (χ2n) is 7.83. The number of anilines is 2. The number of amides is 1. The van der Waals surface area contributed by atoms with Crippen LogP contribution in [0.4, 0.5) is 11.4 Å². The predicted octanol–water partition coefficient (Wildman–Crippen LogP) is 5.47. The van der Waals surface area contributed by atoms with Gasteiger partial charge in [-0.3, -0.25) is 9.10 Å². The van der Waals surface area contributed by atoms with E-state index in [1.54, 1.807) is 6.07 Å². The maximum Gasteiger partial charge on any atom is 0.265 e. The maximum absolute atomic E-state index is 13.4. The average molecular weight is 455 g/mol. The van der Waals surface area contributed by atoms with E-state index in [1.165, 1.54) is 28.1 Å². The largest absolute Gasteiger partial charge is 0.322 e. The SMILES string of the molecule is CC(C)c1ccc(NC(=O)c2ccc(Cl)c(S(=O)(=O)N3CCc4ccccc43)c2)cc1. The number of rotatable bonds is 5. The Balaban J connectivity index is 1.62. The van der Waals surface area contributed by atoms with Gasteiger partial charge in [-0.25, -0.2) is 8.42 Å². The van der Waals surface area contributed by atoms with Crippen molar-refractivity contribution in [2.24, 2.45) is 0 Å². The van der Waals surface area contributed by atoms with Crippen LogP contribution in [-0.2, 0) is 16.4 Å². The Labute approximate surface area is 187 Å². The van der Waals surface area contributed by atoms with E-state index in [9.17, 15) is 13.2 Å². The molecule has 0 saturated heterocycles. The first-order valence-corrected chi connectivity index (χ1v) is 11.9. The standard InChI is InChI=1S/C24H23ClN2O3S/c1-16(2)17-7-10-20(11-8-17)26-24(28)19-9-12-21(25)23(15-19)31(29,30)27-14-13-18-5-3-4-6-22(18)27/h3-12,15-16H,13-14H2,1-2H3,(H,26,28). The van der Waals surface area contributed by atoms with Gasteiger partial charge in [0.05, 0.1) is 10.7 Å². The van der Waals surface area contributed by atoms with Crippen molar-refractivity contribution in [2.75, 3.05) is 16.2 Å². The second kappa shape index (κ2) is 8.36. The molecular formula is C24H23ClN2O3S. The number of benzene rings is 3. The second-order valence-corrected chi connectivity index (χ2v) is 10.1. The van der Waals surface area contributed by atoms with Gasteiger partial charge in [-0.15, -0.1) is 0 Å². The first kappa shape index (κ1) is 21.4. The van der Waals surface area contributed by atoms with E-state index in [4.69, 9.17) is 11.6 Å². The van der Waals surface area contributed by atoms with Crippen LogP contribution in [0.3, 0.4) is 0 Å². The highest BCUT2D eigenvalue weighted by molar-refractivity contribution is 7.93. The quantitative estimate of drug-likeness (QED) is 0.556. The molecule has 3 aromatic carbocycles. The van der Waals surface area contributed by atoms with Gasteiger partial charge in [-0.05, 0) is 59.9 Å². The van der Waals surface area contributed by atoms with Crippen molar-refractivity contribution in [2.45, 2.75) is 31.1 Å². The molecule has 1 amide bonds. The monoisotopic (exact) mass is 454 g/mol. The van der Waals surface area contributed by atoms with Gasteiger partial charge in [0.15, 0.2) is 0 Å². The van der Waals surface area contributed by atoms with Crippen LogP contribution >= 0.6 is 11.6 Å². The average Bonchev–Trinajstić information content (AvgIpc) is 3.19. The number of fused-ring (bicyclic) bond motifs is 1. The van der Waals surface area contributed by atoms with Gasteiger partial charge in [0, 0.05) is 17.8 Å². The molecule has 1 aliphatic heterocycles. The molecule has 0 spiro atoms. The highest BCUT2D eigenvalue weighted by Gasteiger charge is 2.32. The van der Waals surface area contributed by atoms with Gasteiger partial charge in [0.2, 0.25) is 0 Å². The van der Waals surface area contributed by atoms with Crippen LogP contribution in [0.25, 0.3) is 0 Å². The molecule has 0 aromatic heterocycles. The van der Waals surface area contributed by atoms with E-state index >= 15 is 0 Å². The van der Waals surface area contributed by atoms with Crippen molar-refractivity contribution in [3.8, 4) is 0 Å². The third-order valence-corrected chi connectivity index (χ3v) is 7.74. The van der Waals surface area contributed by atoms with Crippen molar-refractivity contribution >= 4 is 38.9 Å². The fraction of sp³-hybridized carbons (Fsp3) is 0.208. The molecule has 0 fully saturated rings. The number of sulfonamides is 1. The van der Waals surface area contributed by atoms with Crippen LogP contribution < -0.4 is 9.62 Å². The van der Waals surface area contributed by atoms with Crippen LogP contribution in [0.5, 0.6) is 0 Å². The fourth-order valence-electron chi connectivity index (χ4n) is 3.67. The Bertz CT molecular complexity index is 1240. The molecule has 0 bridgehead atoms. The van der Waals surface area contributed by atoms with E-state index < -0.39 is 15.9 Å². The van der Waals surface area contributed by atoms with Crippen LogP contribution in [0, 0.1) is 0 Å². The van der Waals surface area contributed by atoms with Gasteiger partial charge in [-0.2, -0.15) is 0 Å². The third kappa shape index (κ3) is 4.18. The Kier molecular flexibility index (Phi) is 5.77. The molecule has 1 aliphatic rings. The number of nitrogens with one attached hydrogen (secondary N) is 1. The van der Waals surface area contributed by atoms with Crippen molar-refractivity contribution in [1.29, 1.82) is 0 Å². The molecule has 0 aliphatic carbocycles. The fourth-order valence-corrected chi connectivity index (χ4v) is 5.68. The summed E-state index contributed by atoms with van der Waals surface area (Å²) in [4.78, 5) is 12.7. The zero-order chi connectivity index (χ0) is 22.2. The Morgan fingerprint density at radius 1 is 1.03 bits per heavy atom. The molecule has 160 valence electrons. The van der Waals surface area contributed by atoms with Gasteiger partial charge in [-0.1, -0.05) is 55.8 Å². The van der Waals surface area contributed by atoms with E-state index in [0.29, 0.717) is 30.3 Å². The highest BCUT2D eigenvalue weighted by atomic mass is 35.5. The normalized spacial score (nSPS) is 13.4. The summed E-state index contributed by atoms with van der Waals surface area (Å²) < 4.78 is 28.1. The number of halogens is 1. The number of para-hydroxylation sites is 1. The molecule has 0 saturated carbocycles. The van der Waals surface area contributed by atoms with Gasteiger partial charge in [0.25, 0.3) is 15.9 Å². The van der Waals surface area contributed by atoms with Gasteiger partial charge < -0.3 is 5.32 Å². The highest BCUT2D eigenvalue weighted by Crippen LogP contribution is 2.35. The summed E-state index contributed by atoms with van der Waals surface area (Å²) in [6.45, 7) is 4.54. The minimum absolute atomic E-state index is 0.0753. The number of nitrogens with zero attached hydrogens (tertiary/aromatic N) is 1. The van der Waals surface area contributed by atoms with Crippen molar-refractivity contribution in [3.05, 3.63) is 88.4 Å². The summed E-state index contributed by atoms with van der Waals surface area (Å²) in [5.41, 5.74) is 3.66. The third-order valence-electron chi connectivity index (χ3n) is 5.44. The summed E-state index contributed by atoms with van der Waals surface area (Å²) in [6.07, 6.45) is 0.638.